The molecule has 0 spiro atoms. The summed E-state index contributed by atoms with van der Waals surface area (Å²) in [5, 5.41) is 3.49. The number of halogens is 1. The summed E-state index contributed by atoms with van der Waals surface area (Å²) < 4.78 is 19.7. The zero-order valence-corrected chi connectivity index (χ0v) is 13.0. The molecular weight excluding hydrogens is 253 g/mol. The molecule has 0 saturated heterocycles. The molecule has 2 atom stereocenters. The number of methoxy groups -OCH3 is 1. The Labute approximate surface area is 121 Å². The van der Waals surface area contributed by atoms with Crippen LogP contribution >= 0.6 is 0 Å². The minimum atomic E-state index is -0.219. The lowest BCUT2D eigenvalue weighted by atomic mass is 9.75. The van der Waals surface area contributed by atoms with E-state index in [2.05, 4.69) is 26.1 Å². The normalized spacial score (nSPS) is 22.8. The molecule has 1 aromatic rings. The Morgan fingerprint density at radius 2 is 2.20 bits per heavy atom. The molecule has 0 amide bonds. The van der Waals surface area contributed by atoms with Gasteiger partial charge in [-0.2, -0.15) is 0 Å². The molecule has 1 saturated carbocycles. The van der Waals surface area contributed by atoms with Gasteiger partial charge in [0.25, 0.3) is 0 Å². The van der Waals surface area contributed by atoms with Gasteiger partial charge in [-0.05, 0) is 36.8 Å². The lowest BCUT2D eigenvalue weighted by Crippen LogP contribution is -2.34. The molecule has 2 nitrogen and oxygen atoms in total. The van der Waals surface area contributed by atoms with Gasteiger partial charge in [0.15, 0.2) is 11.6 Å². The van der Waals surface area contributed by atoms with Crippen LogP contribution in [-0.2, 0) is 0 Å². The Bertz CT molecular complexity index is 458. The van der Waals surface area contributed by atoms with Crippen molar-refractivity contribution in [1.82, 2.24) is 5.32 Å². The van der Waals surface area contributed by atoms with E-state index in [9.17, 15) is 4.39 Å². The molecule has 20 heavy (non-hydrogen) atoms. The fraction of sp³-hybridized carbons (Fsp3) is 0.647. The van der Waals surface area contributed by atoms with Crippen molar-refractivity contribution in [2.24, 2.45) is 11.3 Å². The second-order valence-corrected chi connectivity index (χ2v) is 6.39. The highest BCUT2D eigenvalue weighted by Gasteiger charge is 2.40. The number of rotatable bonds is 5. The highest BCUT2D eigenvalue weighted by molar-refractivity contribution is 5.33. The average Bonchev–Trinajstić information content (AvgIpc) is 2.76. The van der Waals surface area contributed by atoms with Crippen LogP contribution in [0.5, 0.6) is 5.75 Å². The Balaban J connectivity index is 2.38. The third-order valence-corrected chi connectivity index (χ3v) is 4.71. The van der Waals surface area contributed by atoms with Crippen molar-refractivity contribution < 1.29 is 9.13 Å². The van der Waals surface area contributed by atoms with Crippen LogP contribution in [0.2, 0.25) is 0 Å². The topological polar surface area (TPSA) is 21.3 Å². The molecule has 0 aliphatic heterocycles. The Hall–Kier alpha value is -1.09. The van der Waals surface area contributed by atoms with Crippen LogP contribution in [0.15, 0.2) is 18.2 Å². The van der Waals surface area contributed by atoms with Gasteiger partial charge in [0.05, 0.1) is 7.11 Å². The molecule has 1 N–H and O–H groups in total. The van der Waals surface area contributed by atoms with Gasteiger partial charge in [-0.15, -0.1) is 0 Å². The van der Waals surface area contributed by atoms with Gasteiger partial charge in [0.1, 0.15) is 0 Å². The van der Waals surface area contributed by atoms with E-state index >= 15 is 0 Å². The summed E-state index contributed by atoms with van der Waals surface area (Å²) in [6.45, 7) is 7.51. The number of ether oxygens (including phenoxy) is 1. The fourth-order valence-electron chi connectivity index (χ4n) is 3.59. The first kappa shape index (κ1) is 15.3. The van der Waals surface area contributed by atoms with Crippen LogP contribution in [0.1, 0.15) is 51.6 Å². The maximum Gasteiger partial charge on any atom is 0.169 e. The molecule has 0 radical (unpaired) electrons. The summed E-state index contributed by atoms with van der Waals surface area (Å²) in [4.78, 5) is 0. The smallest absolute Gasteiger partial charge is 0.169 e. The molecule has 2 rings (SSSR count). The maximum absolute atomic E-state index is 14.6. The van der Waals surface area contributed by atoms with Crippen molar-refractivity contribution in [2.75, 3.05) is 13.7 Å². The van der Waals surface area contributed by atoms with Gasteiger partial charge in [-0.3, -0.25) is 0 Å². The summed E-state index contributed by atoms with van der Waals surface area (Å²) >= 11 is 0. The Morgan fingerprint density at radius 3 is 2.75 bits per heavy atom. The average molecular weight is 279 g/mol. The van der Waals surface area contributed by atoms with Gasteiger partial charge in [-0.1, -0.05) is 39.3 Å². The number of nitrogens with one attached hydrogen (secondary N) is 1. The number of benzene rings is 1. The third-order valence-electron chi connectivity index (χ3n) is 4.71. The van der Waals surface area contributed by atoms with Crippen LogP contribution in [0.4, 0.5) is 4.39 Å². The van der Waals surface area contributed by atoms with Crippen LogP contribution < -0.4 is 10.1 Å². The van der Waals surface area contributed by atoms with Crippen molar-refractivity contribution in [3.63, 3.8) is 0 Å². The Kier molecular flexibility index (Phi) is 4.69. The van der Waals surface area contributed by atoms with E-state index < -0.39 is 0 Å². The van der Waals surface area contributed by atoms with Crippen molar-refractivity contribution in [1.29, 1.82) is 0 Å². The molecular formula is C17H26FNO. The van der Waals surface area contributed by atoms with Crippen LogP contribution in [-0.4, -0.2) is 13.7 Å². The van der Waals surface area contributed by atoms with Crippen LogP contribution in [0, 0.1) is 17.2 Å². The first-order chi connectivity index (χ1) is 9.51. The monoisotopic (exact) mass is 279 g/mol. The quantitative estimate of drug-likeness (QED) is 0.867. The standard InChI is InChI=1S/C17H26FNO/c1-5-19-16(13-9-7-11-17(13,2)3)12-8-6-10-14(20-4)15(12)18/h6,8,10,13,16,19H,5,7,9,11H2,1-4H3. The van der Waals surface area contributed by atoms with Gasteiger partial charge >= 0.3 is 0 Å². The SMILES string of the molecule is CCNC(c1cccc(OC)c1F)C1CCCC1(C)C. The first-order valence-electron chi connectivity index (χ1n) is 7.57. The Morgan fingerprint density at radius 1 is 1.45 bits per heavy atom. The molecule has 0 heterocycles. The molecule has 1 fully saturated rings. The zero-order valence-electron chi connectivity index (χ0n) is 13.0. The van der Waals surface area contributed by atoms with Gasteiger partial charge in [0.2, 0.25) is 0 Å². The maximum atomic E-state index is 14.6. The summed E-state index contributed by atoms with van der Waals surface area (Å²) in [6.07, 6.45) is 3.59. The largest absolute Gasteiger partial charge is 0.494 e. The van der Waals surface area contributed by atoms with E-state index in [0.717, 1.165) is 18.5 Å². The van der Waals surface area contributed by atoms with Crippen molar-refractivity contribution in [3.05, 3.63) is 29.6 Å². The lowest BCUT2D eigenvalue weighted by molar-refractivity contribution is 0.195. The second-order valence-electron chi connectivity index (χ2n) is 6.39. The molecule has 1 aliphatic carbocycles. The van der Waals surface area contributed by atoms with Gasteiger partial charge in [0, 0.05) is 11.6 Å². The third kappa shape index (κ3) is 2.83. The molecule has 0 bridgehead atoms. The van der Waals surface area contributed by atoms with Gasteiger partial charge in [-0.25, -0.2) is 4.39 Å². The summed E-state index contributed by atoms with van der Waals surface area (Å²) in [6, 6.07) is 5.51. The van der Waals surface area contributed by atoms with E-state index in [0.29, 0.717) is 11.7 Å². The summed E-state index contributed by atoms with van der Waals surface area (Å²) in [5.41, 5.74) is 0.994. The highest BCUT2D eigenvalue weighted by atomic mass is 19.1. The summed E-state index contributed by atoms with van der Waals surface area (Å²) in [5.74, 6) is 0.578. The van der Waals surface area contributed by atoms with Crippen molar-refractivity contribution >= 4 is 0 Å². The first-order valence-corrected chi connectivity index (χ1v) is 7.57. The van der Waals surface area contributed by atoms with Crippen molar-refractivity contribution in [3.8, 4) is 5.75 Å². The molecule has 3 heteroatoms. The van der Waals surface area contributed by atoms with Gasteiger partial charge < -0.3 is 10.1 Å². The second kappa shape index (κ2) is 6.13. The lowest BCUT2D eigenvalue weighted by Gasteiger charge is -2.35. The van der Waals surface area contributed by atoms with Crippen LogP contribution in [0.3, 0.4) is 0 Å². The molecule has 112 valence electrons. The number of hydrogen-bond acceptors (Lipinski definition) is 2. The predicted molar refractivity (Wildman–Crippen MR) is 80.5 cm³/mol. The van der Waals surface area contributed by atoms with Crippen molar-refractivity contribution in [2.45, 2.75) is 46.1 Å². The minimum absolute atomic E-state index is 0.0626. The zero-order chi connectivity index (χ0) is 14.8. The van der Waals surface area contributed by atoms with E-state index in [4.69, 9.17) is 4.74 Å². The molecule has 0 aromatic heterocycles. The minimum Gasteiger partial charge on any atom is -0.494 e. The van der Waals surface area contributed by atoms with E-state index in [1.165, 1.54) is 20.0 Å². The summed E-state index contributed by atoms with van der Waals surface area (Å²) in [7, 11) is 1.52. The molecule has 1 aliphatic rings. The van der Waals surface area contributed by atoms with E-state index in [1.807, 2.05) is 12.1 Å². The van der Waals surface area contributed by atoms with E-state index in [1.54, 1.807) is 6.07 Å². The molecule has 2 unspecified atom stereocenters. The number of hydrogen-bond donors (Lipinski definition) is 1. The highest BCUT2D eigenvalue weighted by Crippen LogP contribution is 2.49. The predicted octanol–water partition coefficient (Wildman–Crippen LogP) is 4.31. The molecule has 1 aromatic carbocycles. The van der Waals surface area contributed by atoms with Crippen LogP contribution in [0.25, 0.3) is 0 Å². The fourth-order valence-corrected chi connectivity index (χ4v) is 3.59. The van der Waals surface area contributed by atoms with E-state index in [-0.39, 0.29) is 17.3 Å².